The van der Waals surface area contributed by atoms with Crippen molar-refractivity contribution in [2.45, 2.75) is 44.9 Å². The van der Waals surface area contributed by atoms with E-state index in [1.165, 1.54) is 0 Å². The minimum atomic E-state index is -1.29. The number of fused-ring (bicyclic) bond motifs is 4. The number of nitrogens with one attached hydrogen (secondary N) is 1. The second-order valence-corrected chi connectivity index (χ2v) is 8.06. The van der Waals surface area contributed by atoms with Crippen LogP contribution in [0.1, 0.15) is 25.8 Å². The summed E-state index contributed by atoms with van der Waals surface area (Å²) in [6.07, 6.45) is -0.297. The molecule has 25 heavy (non-hydrogen) atoms. The van der Waals surface area contributed by atoms with Crippen molar-refractivity contribution in [3.8, 4) is 0 Å². The van der Waals surface area contributed by atoms with E-state index in [9.17, 15) is 14.4 Å². The summed E-state index contributed by atoms with van der Waals surface area (Å²) in [5.41, 5.74) is 0.671. The van der Waals surface area contributed by atoms with Crippen LogP contribution >= 0.6 is 15.9 Å². The molecule has 2 amide bonds. The van der Waals surface area contributed by atoms with Crippen molar-refractivity contribution in [2.75, 3.05) is 11.4 Å². The average molecular weight is 407 g/mol. The van der Waals surface area contributed by atoms with Crippen LogP contribution in [0.25, 0.3) is 0 Å². The zero-order valence-corrected chi connectivity index (χ0v) is 15.6. The molecule has 1 aromatic carbocycles. The Bertz CT molecular complexity index is 773. The summed E-state index contributed by atoms with van der Waals surface area (Å²) >= 11 is 3.47. The van der Waals surface area contributed by atoms with Gasteiger partial charge < -0.3 is 9.64 Å². The number of ketones is 1. The fourth-order valence-corrected chi connectivity index (χ4v) is 5.02. The lowest BCUT2D eigenvalue weighted by molar-refractivity contribution is -0.158. The minimum Gasteiger partial charge on any atom is -0.372 e. The van der Waals surface area contributed by atoms with Gasteiger partial charge in [-0.2, -0.15) is 0 Å². The molecule has 3 aliphatic heterocycles. The summed E-state index contributed by atoms with van der Waals surface area (Å²) < 4.78 is 6.87. The first-order valence-corrected chi connectivity index (χ1v) is 9.20. The van der Waals surface area contributed by atoms with Gasteiger partial charge in [0.1, 0.15) is 5.41 Å². The summed E-state index contributed by atoms with van der Waals surface area (Å²) in [6.45, 7) is 4.48. The van der Waals surface area contributed by atoms with Gasteiger partial charge in [0.2, 0.25) is 11.8 Å². The number of halogens is 1. The molecule has 7 heteroatoms. The van der Waals surface area contributed by atoms with Gasteiger partial charge >= 0.3 is 0 Å². The van der Waals surface area contributed by atoms with Gasteiger partial charge in [-0.3, -0.25) is 19.7 Å². The van der Waals surface area contributed by atoms with Crippen LogP contribution in [0, 0.1) is 5.41 Å². The molecule has 132 valence electrons. The van der Waals surface area contributed by atoms with Crippen LogP contribution in [0.3, 0.4) is 0 Å². The molecule has 0 radical (unpaired) electrons. The van der Waals surface area contributed by atoms with Gasteiger partial charge in [0.05, 0.1) is 24.7 Å². The Kier molecular flexibility index (Phi) is 3.77. The highest BCUT2D eigenvalue weighted by Gasteiger charge is 2.62. The van der Waals surface area contributed by atoms with Crippen molar-refractivity contribution in [3.05, 3.63) is 28.2 Å². The highest BCUT2D eigenvalue weighted by atomic mass is 79.9. The predicted molar refractivity (Wildman–Crippen MR) is 94.2 cm³/mol. The predicted octanol–water partition coefficient (Wildman–Crippen LogP) is 1.59. The topological polar surface area (TPSA) is 75.7 Å². The number of carbonyl (C=O) groups is 3. The van der Waals surface area contributed by atoms with Crippen LogP contribution in [-0.4, -0.2) is 42.4 Å². The first kappa shape index (κ1) is 16.7. The Balaban J connectivity index is 1.92. The van der Waals surface area contributed by atoms with Gasteiger partial charge in [0, 0.05) is 16.7 Å². The Morgan fingerprint density at radius 1 is 1.28 bits per heavy atom. The highest BCUT2D eigenvalue weighted by molar-refractivity contribution is 9.10. The van der Waals surface area contributed by atoms with E-state index in [2.05, 4.69) is 26.1 Å². The summed E-state index contributed by atoms with van der Waals surface area (Å²) in [4.78, 5) is 39.7. The van der Waals surface area contributed by atoms with Crippen LogP contribution in [0.2, 0.25) is 0 Å². The van der Waals surface area contributed by atoms with Crippen molar-refractivity contribution in [1.82, 2.24) is 5.32 Å². The highest BCUT2D eigenvalue weighted by Crippen LogP contribution is 2.48. The first-order chi connectivity index (χ1) is 11.8. The fraction of sp³-hybridized carbons (Fsp3) is 0.500. The number of rotatable bonds is 0. The number of imide groups is 1. The summed E-state index contributed by atoms with van der Waals surface area (Å²) in [5.74, 6) is -1.34. The van der Waals surface area contributed by atoms with Gasteiger partial charge in [-0.15, -0.1) is 0 Å². The standard InChI is InChI=1S/C18H19BrN2O4/c1-9-8-21-13-4-3-12(19)5-11(13)7-18(16(21)10(2)25-9)14(22)6-15(23)20-17(18)24/h3-5,9-10,16H,6-8H2,1-2H3,(H,20,23,24). The van der Waals surface area contributed by atoms with E-state index in [-0.39, 0.29) is 30.8 Å². The van der Waals surface area contributed by atoms with Gasteiger partial charge in [-0.25, -0.2) is 0 Å². The van der Waals surface area contributed by atoms with Gasteiger partial charge in [-0.05, 0) is 44.0 Å². The summed E-state index contributed by atoms with van der Waals surface area (Å²) in [7, 11) is 0. The third kappa shape index (κ3) is 2.36. The number of carbonyl (C=O) groups excluding carboxylic acids is 3. The maximum atomic E-state index is 13.0. The van der Waals surface area contributed by atoms with Crippen molar-refractivity contribution in [3.63, 3.8) is 0 Å². The number of nitrogens with zero attached hydrogens (tertiary/aromatic N) is 1. The van der Waals surface area contributed by atoms with Crippen molar-refractivity contribution in [1.29, 1.82) is 0 Å². The Hall–Kier alpha value is -1.73. The molecule has 4 rings (SSSR count). The molecule has 6 nitrogen and oxygen atoms in total. The van der Waals surface area contributed by atoms with E-state index in [1.807, 2.05) is 32.0 Å². The van der Waals surface area contributed by atoms with Gasteiger partial charge in [0.15, 0.2) is 5.78 Å². The SMILES string of the molecule is CC1CN2c3ccc(Br)cc3CC3(C(=O)CC(=O)NC3=O)C2C(C)O1. The molecule has 1 aromatic rings. The third-order valence-corrected chi connectivity index (χ3v) is 5.98. The van der Waals surface area contributed by atoms with Gasteiger partial charge in [-0.1, -0.05) is 15.9 Å². The number of morpholine rings is 1. The van der Waals surface area contributed by atoms with E-state index in [0.29, 0.717) is 6.54 Å². The molecule has 3 heterocycles. The van der Waals surface area contributed by atoms with Crippen LogP contribution in [0.4, 0.5) is 5.69 Å². The number of hydrogen-bond acceptors (Lipinski definition) is 5. The van der Waals surface area contributed by atoms with Crippen molar-refractivity contribution >= 4 is 39.2 Å². The number of amides is 2. The molecular formula is C18H19BrN2O4. The summed E-state index contributed by atoms with van der Waals surface area (Å²) in [6, 6.07) is 5.51. The van der Waals surface area contributed by atoms with E-state index < -0.39 is 23.3 Å². The van der Waals surface area contributed by atoms with Crippen LogP contribution in [-0.2, 0) is 25.5 Å². The normalized spacial score (nSPS) is 34.6. The molecular weight excluding hydrogens is 388 g/mol. The molecule has 0 saturated carbocycles. The van der Waals surface area contributed by atoms with E-state index in [0.717, 1.165) is 15.7 Å². The lowest BCUT2D eigenvalue weighted by Gasteiger charge is -2.55. The molecule has 1 N–H and O–H groups in total. The van der Waals surface area contributed by atoms with Crippen molar-refractivity contribution < 1.29 is 19.1 Å². The molecule has 2 fully saturated rings. The molecule has 0 bridgehead atoms. The zero-order chi connectivity index (χ0) is 17.9. The second kappa shape index (κ2) is 5.64. The number of anilines is 1. The molecule has 4 atom stereocenters. The molecule has 0 aliphatic carbocycles. The minimum absolute atomic E-state index is 0.0127. The second-order valence-electron chi connectivity index (χ2n) is 7.15. The molecule has 1 spiro atoms. The Morgan fingerprint density at radius 2 is 2.04 bits per heavy atom. The average Bonchev–Trinajstić information content (AvgIpc) is 2.51. The quantitative estimate of drug-likeness (QED) is 0.522. The third-order valence-electron chi connectivity index (χ3n) is 5.48. The van der Waals surface area contributed by atoms with E-state index in [1.54, 1.807) is 0 Å². The van der Waals surface area contributed by atoms with Crippen LogP contribution < -0.4 is 10.2 Å². The number of benzene rings is 1. The summed E-state index contributed by atoms with van der Waals surface area (Å²) in [5, 5.41) is 2.39. The zero-order valence-electron chi connectivity index (χ0n) is 14.0. The fourth-order valence-electron chi connectivity index (χ4n) is 4.61. The van der Waals surface area contributed by atoms with Crippen molar-refractivity contribution in [2.24, 2.45) is 5.41 Å². The maximum absolute atomic E-state index is 13.0. The van der Waals surface area contributed by atoms with E-state index in [4.69, 9.17) is 4.74 Å². The molecule has 0 aromatic heterocycles. The number of piperidine rings is 1. The van der Waals surface area contributed by atoms with Crippen LogP contribution in [0.5, 0.6) is 0 Å². The number of hydrogen-bond donors (Lipinski definition) is 1. The Labute approximate surface area is 154 Å². The van der Waals surface area contributed by atoms with Gasteiger partial charge in [0.25, 0.3) is 0 Å². The largest absolute Gasteiger partial charge is 0.372 e. The maximum Gasteiger partial charge on any atom is 0.242 e. The number of ether oxygens (including phenoxy) is 1. The first-order valence-electron chi connectivity index (χ1n) is 8.41. The molecule has 3 aliphatic rings. The molecule has 4 unspecified atom stereocenters. The smallest absolute Gasteiger partial charge is 0.242 e. The lowest BCUT2D eigenvalue weighted by Crippen LogP contribution is -2.72. The van der Waals surface area contributed by atoms with Crippen LogP contribution in [0.15, 0.2) is 22.7 Å². The Morgan fingerprint density at radius 3 is 2.76 bits per heavy atom. The lowest BCUT2D eigenvalue weighted by atomic mass is 9.63. The number of Topliss-reactive ketones (excluding diaryl/α,β-unsaturated/α-hetero) is 1. The van der Waals surface area contributed by atoms with E-state index >= 15 is 0 Å². The molecule has 2 saturated heterocycles. The monoisotopic (exact) mass is 406 g/mol.